The molecule has 0 saturated heterocycles. The maximum atomic E-state index is 11.5. The number of rotatable bonds is 7. The van der Waals surface area contributed by atoms with Gasteiger partial charge in [-0.1, -0.05) is 12.1 Å². The van der Waals surface area contributed by atoms with Crippen LogP contribution in [0.25, 0.3) is 0 Å². The van der Waals surface area contributed by atoms with Crippen molar-refractivity contribution in [1.29, 1.82) is 0 Å². The van der Waals surface area contributed by atoms with Crippen molar-refractivity contribution >= 4 is 29.1 Å². The van der Waals surface area contributed by atoms with E-state index in [4.69, 9.17) is 9.47 Å². The van der Waals surface area contributed by atoms with Gasteiger partial charge in [0.1, 0.15) is 11.6 Å². The number of anilines is 4. The van der Waals surface area contributed by atoms with Crippen molar-refractivity contribution < 1.29 is 14.3 Å². The Labute approximate surface area is 157 Å². The predicted molar refractivity (Wildman–Crippen MR) is 104 cm³/mol. The van der Waals surface area contributed by atoms with Crippen LogP contribution in [-0.4, -0.2) is 29.7 Å². The van der Waals surface area contributed by atoms with E-state index in [1.54, 1.807) is 36.5 Å². The molecule has 7 nitrogen and oxygen atoms in total. The van der Waals surface area contributed by atoms with Crippen LogP contribution in [0.5, 0.6) is 5.75 Å². The van der Waals surface area contributed by atoms with Gasteiger partial charge in [-0.25, -0.2) is 9.78 Å². The summed E-state index contributed by atoms with van der Waals surface area (Å²) >= 11 is 0. The van der Waals surface area contributed by atoms with Crippen LogP contribution < -0.4 is 15.4 Å². The normalized spacial score (nSPS) is 10.1. The molecule has 1 aromatic heterocycles. The number of ether oxygens (including phenoxy) is 2. The number of benzene rings is 2. The molecule has 3 aromatic rings. The highest BCUT2D eigenvalue weighted by molar-refractivity contribution is 5.89. The summed E-state index contributed by atoms with van der Waals surface area (Å²) in [6, 6.07) is 16.3. The van der Waals surface area contributed by atoms with E-state index in [-0.39, 0.29) is 5.97 Å². The summed E-state index contributed by atoms with van der Waals surface area (Å²) in [5.41, 5.74) is 2.06. The van der Waals surface area contributed by atoms with Crippen molar-refractivity contribution in [2.45, 2.75) is 6.92 Å². The predicted octanol–water partition coefficient (Wildman–Crippen LogP) is 4.15. The van der Waals surface area contributed by atoms with Crippen LogP contribution in [0.1, 0.15) is 17.3 Å². The van der Waals surface area contributed by atoms with Crippen LogP contribution in [0, 0.1) is 0 Å². The number of nitrogens with zero attached hydrogens (tertiary/aromatic N) is 2. The van der Waals surface area contributed by atoms with E-state index in [0.29, 0.717) is 23.9 Å². The minimum atomic E-state index is -0.378. The van der Waals surface area contributed by atoms with Gasteiger partial charge in [0.2, 0.25) is 5.95 Å². The summed E-state index contributed by atoms with van der Waals surface area (Å²) in [7, 11) is 1.35. The number of hydrogen-bond acceptors (Lipinski definition) is 7. The number of nitrogens with one attached hydrogen (secondary N) is 2. The third-order valence-corrected chi connectivity index (χ3v) is 3.67. The number of para-hydroxylation sites is 2. The van der Waals surface area contributed by atoms with Crippen LogP contribution in [-0.2, 0) is 4.74 Å². The smallest absolute Gasteiger partial charge is 0.337 e. The zero-order valence-corrected chi connectivity index (χ0v) is 15.1. The quantitative estimate of drug-likeness (QED) is 0.609. The molecular weight excluding hydrogens is 344 g/mol. The van der Waals surface area contributed by atoms with Crippen molar-refractivity contribution in [2.24, 2.45) is 0 Å². The minimum absolute atomic E-state index is 0.378. The summed E-state index contributed by atoms with van der Waals surface area (Å²) in [4.78, 5) is 20.2. The summed E-state index contributed by atoms with van der Waals surface area (Å²) in [6.45, 7) is 2.52. The second-order valence-electron chi connectivity index (χ2n) is 5.51. The molecule has 1 heterocycles. The lowest BCUT2D eigenvalue weighted by Crippen LogP contribution is -2.03. The molecule has 0 atom stereocenters. The maximum Gasteiger partial charge on any atom is 0.337 e. The Hall–Kier alpha value is -3.61. The van der Waals surface area contributed by atoms with Crippen molar-refractivity contribution in [1.82, 2.24) is 9.97 Å². The van der Waals surface area contributed by atoms with Crippen molar-refractivity contribution in [3.05, 3.63) is 66.4 Å². The van der Waals surface area contributed by atoms with Crippen LogP contribution in [0.4, 0.5) is 23.1 Å². The number of esters is 1. The Morgan fingerprint density at radius 1 is 1.04 bits per heavy atom. The zero-order valence-electron chi connectivity index (χ0n) is 15.1. The highest BCUT2D eigenvalue weighted by Gasteiger charge is 2.07. The molecule has 2 aromatic carbocycles. The summed E-state index contributed by atoms with van der Waals surface area (Å²) < 4.78 is 10.3. The molecule has 0 saturated carbocycles. The fraction of sp³-hybridized carbons (Fsp3) is 0.150. The lowest BCUT2D eigenvalue weighted by atomic mass is 10.2. The molecule has 0 radical (unpaired) electrons. The van der Waals surface area contributed by atoms with E-state index in [1.807, 2.05) is 31.2 Å². The SMILES string of the molecule is CCOc1ccccc1Nc1ccnc(Nc2ccc(C(=O)OC)cc2)n1. The first-order chi connectivity index (χ1) is 13.2. The summed E-state index contributed by atoms with van der Waals surface area (Å²) in [6.07, 6.45) is 1.66. The fourth-order valence-electron chi connectivity index (χ4n) is 2.41. The third-order valence-electron chi connectivity index (χ3n) is 3.67. The second kappa shape index (κ2) is 8.66. The topological polar surface area (TPSA) is 85.4 Å². The van der Waals surface area contributed by atoms with E-state index < -0.39 is 0 Å². The largest absolute Gasteiger partial charge is 0.492 e. The Morgan fingerprint density at radius 2 is 1.81 bits per heavy atom. The highest BCUT2D eigenvalue weighted by atomic mass is 16.5. The molecule has 0 fully saturated rings. The van der Waals surface area contributed by atoms with Gasteiger partial charge in [-0.3, -0.25) is 0 Å². The zero-order chi connectivity index (χ0) is 19.1. The van der Waals surface area contributed by atoms with Crippen LogP contribution in [0.3, 0.4) is 0 Å². The van der Waals surface area contributed by atoms with Gasteiger partial charge in [0.25, 0.3) is 0 Å². The Morgan fingerprint density at radius 3 is 2.56 bits per heavy atom. The van der Waals surface area contributed by atoms with Crippen LogP contribution in [0.15, 0.2) is 60.8 Å². The molecule has 0 unspecified atom stereocenters. The van der Waals surface area contributed by atoms with Gasteiger partial charge in [0, 0.05) is 11.9 Å². The first-order valence-corrected chi connectivity index (χ1v) is 8.47. The second-order valence-corrected chi connectivity index (χ2v) is 5.51. The van der Waals surface area contributed by atoms with Crippen molar-refractivity contribution in [2.75, 3.05) is 24.4 Å². The van der Waals surface area contributed by atoms with Crippen molar-refractivity contribution in [3.8, 4) is 5.75 Å². The molecule has 0 amide bonds. The lowest BCUT2D eigenvalue weighted by molar-refractivity contribution is 0.0601. The van der Waals surface area contributed by atoms with Crippen LogP contribution in [0.2, 0.25) is 0 Å². The van der Waals surface area contributed by atoms with Gasteiger partial charge >= 0.3 is 5.97 Å². The van der Waals surface area contributed by atoms with Gasteiger partial charge < -0.3 is 20.1 Å². The molecule has 3 rings (SSSR count). The van der Waals surface area contributed by atoms with Gasteiger partial charge in [0.15, 0.2) is 0 Å². The summed E-state index contributed by atoms with van der Waals surface area (Å²) in [5, 5.41) is 6.35. The number of hydrogen-bond donors (Lipinski definition) is 2. The monoisotopic (exact) mass is 364 g/mol. The Balaban J connectivity index is 1.73. The molecule has 7 heteroatoms. The molecular formula is C20H20N4O3. The Bertz CT molecular complexity index is 913. The third kappa shape index (κ3) is 4.72. The number of carbonyl (C=O) groups excluding carboxylic acids is 1. The average molecular weight is 364 g/mol. The molecule has 0 spiro atoms. The molecule has 27 heavy (non-hydrogen) atoms. The van der Waals surface area contributed by atoms with E-state index in [2.05, 4.69) is 20.6 Å². The number of methoxy groups -OCH3 is 1. The van der Waals surface area contributed by atoms with E-state index in [9.17, 15) is 4.79 Å². The summed E-state index contributed by atoms with van der Waals surface area (Å²) in [5.74, 6) is 1.44. The van der Waals surface area contributed by atoms with E-state index in [0.717, 1.165) is 17.1 Å². The lowest BCUT2D eigenvalue weighted by Gasteiger charge is -2.12. The van der Waals surface area contributed by atoms with E-state index >= 15 is 0 Å². The van der Waals surface area contributed by atoms with Crippen molar-refractivity contribution in [3.63, 3.8) is 0 Å². The van der Waals surface area contributed by atoms with Gasteiger partial charge in [-0.05, 0) is 49.4 Å². The van der Waals surface area contributed by atoms with Gasteiger partial charge in [0.05, 0.1) is 25.0 Å². The van der Waals surface area contributed by atoms with Crippen LogP contribution >= 0.6 is 0 Å². The molecule has 0 aliphatic heterocycles. The molecule has 0 aliphatic carbocycles. The van der Waals surface area contributed by atoms with Gasteiger partial charge in [-0.2, -0.15) is 4.98 Å². The average Bonchev–Trinajstić information content (AvgIpc) is 2.70. The Kier molecular flexibility index (Phi) is 5.84. The minimum Gasteiger partial charge on any atom is -0.492 e. The van der Waals surface area contributed by atoms with Gasteiger partial charge in [-0.15, -0.1) is 0 Å². The standard InChI is InChI=1S/C20H20N4O3/c1-3-27-17-7-5-4-6-16(17)23-18-12-13-21-20(24-18)22-15-10-8-14(9-11-15)19(25)26-2/h4-13H,3H2,1-2H3,(H2,21,22,23,24). The maximum absolute atomic E-state index is 11.5. The first-order valence-electron chi connectivity index (χ1n) is 8.47. The first kappa shape index (κ1) is 18.2. The number of aromatic nitrogens is 2. The molecule has 0 bridgehead atoms. The highest BCUT2D eigenvalue weighted by Crippen LogP contribution is 2.27. The number of carbonyl (C=O) groups is 1. The molecule has 0 aliphatic rings. The fourth-order valence-corrected chi connectivity index (χ4v) is 2.41. The molecule has 2 N–H and O–H groups in total. The molecule has 138 valence electrons. The van der Waals surface area contributed by atoms with E-state index in [1.165, 1.54) is 7.11 Å².